The van der Waals surface area contributed by atoms with E-state index in [1.54, 1.807) is 24.3 Å². The highest BCUT2D eigenvalue weighted by molar-refractivity contribution is 5.92. The Morgan fingerprint density at radius 1 is 1.38 bits per heavy atom. The van der Waals surface area contributed by atoms with Crippen LogP contribution in [0.4, 0.5) is 0 Å². The standard InChI is InChI=1S/C12H16N2O2/c13-12(15)9-3-5-10(6-4-9)16-11-2-1-7-14-8-11/h3-6,11,14H,1-2,7-8H2,(H2,13,15)/t11-/m0/s1. The third kappa shape index (κ3) is 2.73. The van der Waals surface area contributed by atoms with Gasteiger partial charge in [0.05, 0.1) is 0 Å². The second-order valence-corrected chi connectivity index (χ2v) is 3.97. The maximum atomic E-state index is 10.9. The van der Waals surface area contributed by atoms with Crippen LogP contribution in [0.15, 0.2) is 24.3 Å². The van der Waals surface area contributed by atoms with E-state index in [-0.39, 0.29) is 6.10 Å². The summed E-state index contributed by atoms with van der Waals surface area (Å²) >= 11 is 0. The minimum Gasteiger partial charge on any atom is -0.489 e. The van der Waals surface area contributed by atoms with Gasteiger partial charge in [-0.3, -0.25) is 4.79 Å². The molecule has 1 aromatic rings. The SMILES string of the molecule is NC(=O)c1ccc(O[C@H]2CCCNC2)cc1. The largest absolute Gasteiger partial charge is 0.489 e. The van der Waals surface area contributed by atoms with Crippen molar-refractivity contribution in [1.82, 2.24) is 5.32 Å². The maximum Gasteiger partial charge on any atom is 0.248 e. The van der Waals surface area contributed by atoms with Gasteiger partial charge in [-0.1, -0.05) is 0 Å². The van der Waals surface area contributed by atoms with Crippen molar-refractivity contribution in [2.75, 3.05) is 13.1 Å². The van der Waals surface area contributed by atoms with Crippen LogP contribution >= 0.6 is 0 Å². The molecular weight excluding hydrogens is 204 g/mol. The van der Waals surface area contributed by atoms with E-state index in [0.29, 0.717) is 5.56 Å². The number of amides is 1. The number of hydrogen-bond donors (Lipinski definition) is 2. The first-order valence-corrected chi connectivity index (χ1v) is 5.53. The van der Waals surface area contributed by atoms with E-state index in [1.807, 2.05) is 0 Å². The predicted octanol–water partition coefficient (Wildman–Crippen LogP) is 0.916. The van der Waals surface area contributed by atoms with Crippen LogP contribution in [0.3, 0.4) is 0 Å². The van der Waals surface area contributed by atoms with Gasteiger partial charge in [0, 0.05) is 12.1 Å². The normalized spacial score (nSPS) is 20.4. The second-order valence-electron chi connectivity index (χ2n) is 3.97. The van der Waals surface area contributed by atoms with Crippen LogP contribution < -0.4 is 15.8 Å². The molecule has 0 spiro atoms. The van der Waals surface area contributed by atoms with Gasteiger partial charge in [-0.15, -0.1) is 0 Å². The van der Waals surface area contributed by atoms with E-state index in [2.05, 4.69) is 5.32 Å². The Morgan fingerprint density at radius 3 is 2.69 bits per heavy atom. The van der Waals surface area contributed by atoms with Crippen LogP contribution in [0.5, 0.6) is 5.75 Å². The van der Waals surface area contributed by atoms with Crippen molar-refractivity contribution in [1.29, 1.82) is 0 Å². The van der Waals surface area contributed by atoms with Crippen molar-refractivity contribution in [3.63, 3.8) is 0 Å². The van der Waals surface area contributed by atoms with Gasteiger partial charge >= 0.3 is 0 Å². The molecule has 2 rings (SSSR count). The van der Waals surface area contributed by atoms with E-state index in [4.69, 9.17) is 10.5 Å². The molecule has 1 saturated heterocycles. The van der Waals surface area contributed by atoms with E-state index in [9.17, 15) is 4.79 Å². The predicted molar refractivity (Wildman–Crippen MR) is 61.5 cm³/mol. The fourth-order valence-corrected chi connectivity index (χ4v) is 1.81. The van der Waals surface area contributed by atoms with E-state index < -0.39 is 5.91 Å². The van der Waals surface area contributed by atoms with Crippen LogP contribution in [-0.2, 0) is 0 Å². The quantitative estimate of drug-likeness (QED) is 0.796. The smallest absolute Gasteiger partial charge is 0.248 e. The summed E-state index contributed by atoms with van der Waals surface area (Å²) < 4.78 is 5.78. The third-order valence-electron chi connectivity index (χ3n) is 2.69. The molecule has 3 N–H and O–H groups in total. The van der Waals surface area contributed by atoms with E-state index in [1.165, 1.54) is 0 Å². The van der Waals surface area contributed by atoms with Crippen molar-refractivity contribution >= 4 is 5.91 Å². The molecule has 0 saturated carbocycles. The number of nitrogens with two attached hydrogens (primary N) is 1. The molecule has 1 amide bonds. The zero-order valence-electron chi connectivity index (χ0n) is 9.11. The molecule has 0 radical (unpaired) electrons. The summed E-state index contributed by atoms with van der Waals surface area (Å²) in [5.41, 5.74) is 5.67. The van der Waals surface area contributed by atoms with Crippen molar-refractivity contribution < 1.29 is 9.53 Å². The molecule has 16 heavy (non-hydrogen) atoms. The van der Waals surface area contributed by atoms with Crippen molar-refractivity contribution in [2.24, 2.45) is 5.73 Å². The monoisotopic (exact) mass is 220 g/mol. The number of nitrogens with one attached hydrogen (secondary N) is 1. The molecule has 0 bridgehead atoms. The summed E-state index contributed by atoms with van der Waals surface area (Å²) in [5.74, 6) is 0.379. The highest BCUT2D eigenvalue weighted by atomic mass is 16.5. The number of primary amides is 1. The lowest BCUT2D eigenvalue weighted by Gasteiger charge is -2.23. The van der Waals surface area contributed by atoms with Crippen LogP contribution in [-0.4, -0.2) is 25.1 Å². The van der Waals surface area contributed by atoms with E-state index in [0.717, 1.165) is 31.7 Å². The molecule has 4 nitrogen and oxygen atoms in total. The van der Waals surface area contributed by atoms with Crippen LogP contribution in [0.25, 0.3) is 0 Å². The number of carbonyl (C=O) groups excluding carboxylic acids is 1. The Balaban J connectivity index is 1.96. The Kier molecular flexibility index (Phi) is 3.41. The Labute approximate surface area is 94.8 Å². The molecule has 4 heteroatoms. The van der Waals surface area contributed by atoms with Crippen molar-refractivity contribution in [3.05, 3.63) is 29.8 Å². The number of ether oxygens (including phenoxy) is 1. The second kappa shape index (κ2) is 4.99. The Hall–Kier alpha value is -1.55. The van der Waals surface area contributed by atoms with Gasteiger partial charge in [-0.2, -0.15) is 0 Å². The highest BCUT2D eigenvalue weighted by Gasteiger charge is 2.14. The van der Waals surface area contributed by atoms with Crippen LogP contribution in [0.2, 0.25) is 0 Å². The lowest BCUT2D eigenvalue weighted by Crippen LogP contribution is -2.37. The van der Waals surface area contributed by atoms with Crippen LogP contribution in [0, 0.1) is 0 Å². The van der Waals surface area contributed by atoms with Crippen molar-refractivity contribution in [3.8, 4) is 5.75 Å². The minimum absolute atomic E-state index is 0.230. The zero-order chi connectivity index (χ0) is 11.4. The highest BCUT2D eigenvalue weighted by Crippen LogP contribution is 2.16. The van der Waals surface area contributed by atoms with E-state index >= 15 is 0 Å². The molecule has 1 aromatic carbocycles. The average molecular weight is 220 g/mol. The average Bonchev–Trinajstić information content (AvgIpc) is 2.31. The molecule has 0 aliphatic carbocycles. The number of rotatable bonds is 3. The molecule has 86 valence electrons. The number of hydrogen-bond acceptors (Lipinski definition) is 3. The third-order valence-corrected chi connectivity index (χ3v) is 2.69. The first-order valence-electron chi connectivity index (χ1n) is 5.53. The molecule has 0 aromatic heterocycles. The van der Waals surface area contributed by atoms with Gasteiger partial charge in [0.1, 0.15) is 11.9 Å². The summed E-state index contributed by atoms with van der Waals surface area (Å²) in [5, 5.41) is 3.29. The molecular formula is C12H16N2O2. The van der Waals surface area contributed by atoms with Crippen LogP contribution in [0.1, 0.15) is 23.2 Å². The Bertz CT molecular complexity index is 356. The maximum absolute atomic E-state index is 10.9. The first-order chi connectivity index (χ1) is 7.75. The number of carbonyl (C=O) groups is 1. The molecule has 1 atom stereocenters. The van der Waals surface area contributed by atoms with Gasteiger partial charge in [-0.05, 0) is 43.7 Å². The molecule has 1 fully saturated rings. The topological polar surface area (TPSA) is 64.4 Å². The summed E-state index contributed by atoms with van der Waals surface area (Å²) in [6.45, 7) is 1.96. The Morgan fingerprint density at radius 2 is 2.12 bits per heavy atom. The number of piperidine rings is 1. The fourth-order valence-electron chi connectivity index (χ4n) is 1.81. The number of benzene rings is 1. The summed E-state index contributed by atoms with van der Waals surface area (Å²) in [4.78, 5) is 10.9. The van der Waals surface area contributed by atoms with Crippen molar-refractivity contribution in [2.45, 2.75) is 18.9 Å². The summed E-state index contributed by atoms with van der Waals surface area (Å²) in [6.07, 6.45) is 2.45. The minimum atomic E-state index is -0.411. The zero-order valence-corrected chi connectivity index (χ0v) is 9.11. The molecule has 1 aliphatic rings. The van der Waals surface area contributed by atoms with Gasteiger partial charge < -0.3 is 15.8 Å². The lowest BCUT2D eigenvalue weighted by molar-refractivity contribution is 0.1000. The molecule has 1 aliphatic heterocycles. The van der Waals surface area contributed by atoms with Gasteiger partial charge in [0.15, 0.2) is 0 Å². The lowest BCUT2D eigenvalue weighted by atomic mass is 10.1. The first kappa shape index (κ1) is 11.0. The fraction of sp³-hybridized carbons (Fsp3) is 0.417. The molecule has 0 unspecified atom stereocenters. The van der Waals surface area contributed by atoms with Gasteiger partial charge in [0.25, 0.3) is 0 Å². The van der Waals surface area contributed by atoms with Gasteiger partial charge in [-0.25, -0.2) is 0 Å². The summed E-state index contributed by atoms with van der Waals surface area (Å²) in [7, 11) is 0. The van der Waals surface area contributed by atoms with Gasteiger partial charge in [0.2, 0.25) is 5.91 Å². The molecule has 1 heterocycles. The summed E-state index contributed by atoms with van der Waals surface area (Å²) in [6, 6.07) is 6.95.